The molecule has 3 heterocycles. The van der Waals surface area contributed by atoms with Gasteiger partial charge in [-0.1, -0.05) is 37.3 Å². The zero-order valence-corrected chi connectivity index (χ0v) is 17.4. The third kappa shape index (κ3) is 4.63. The summed E-state index contributed by atoms with van der Waals surface area (Å²) in [5, 5.41) is 7.08. The Morgan fingerprint density at radius 1 is 1.19 bits per heavy atom. The molecule has 0 spiro atoms. The molecule has 4 rings (SSSR count). The number of hydrogen-bond acceptors (Lipinski definition) is 6. The van der Waals surface area contributed by atoms with Gasteiger partial charge in [0.25, 0.3) is 5.91 Å². The number of anilines is 1. The smallest absolute Gasteiger partial charge is 0.256 e. The molecule has 0 radical (unpaired) electrons. The van der Waals surface area contributed by atoms with Crippen molar-refractivity contribution in [2.24, 2.45) is 5.92 Å². The molecule has 0 aliphatic heterocycles. The maximum Gasteiger partial charge on any atom is 0.256 e. The third-order valence-electron chi connectivity index (χ3n) is 5.01. The van der Waals surface area contributed by atoms with Crippen LogP contribution in [0.5, 0.6) is 5.88 Å². The molecule has 8 nitrogen and oxygen atoms in total. The average Bonchev–Trinajstić information content (AvgIpc) is 3.17. The Labute approximate surface area is 180 Å². The van der Waals surface area contributed by atoms with E-state index in [0.717, 1.165) is 17.5 Å². The summed E-state index contributed by atoms with van der Waals surface area (Å²) < 4.78 is 6.91. The van der Waals surface area contributed by atoms with Crippen LogP contribution in [0, 0.1) is 5.92 Å². The largest absolute Gasteiger partial charge is 0.480 e. The molecule has 0 fully saturated rings. The first-order valence-electron chi connectivity index (χ1n) is 10.0. The molecule has 3 N–H and O–H groups in total. The van der Waals surface area contributed by atoms with Crippen LogP contribution in [0.25, 0.3) is 16.8 Å². The fourth-order valence-corrected chi connectivity index (χ4v) is 3.46. The molecule has 1 atom stereocenters. The van der Waals surface area contributed by atoms with Crippen LogP contribution < -0.4 is 15.8 Å². The van der Waals surface area contributed by atoms with E-state index in [0.29, 0.717) is 17.8 Å². The van der Waals surface area contributed by atoms with Crippen molar-refractivity contribution in [3.05, 3.63) is 72.1 Å². The van der Waals surface area contributed by atoms with Gasteiger partial charge in [-0.2, -0.15) is 4.98 Å². The molecule has 31 heavy (non-hydrogen) atoms. The summed E-state index contributed by atoms with van der Waals surface area (Å²) in [6.07, 6.45) is 4.32. The van der Waals surface area contributed by atoms with E-state index in [1.807, 2.05) is 30.3 Å². The van der Waals surface area contributed by atoms with Gasteiger partial charge in [0, 0.05) is 24.5 Å². The van der Waals surface area contributed by atoms with E-state index in [1.165, 1.54) is 12.7 Å². The molecular weight excluding hydrogens is 392 g/mol. The number of nitrogens with one attached hydrogen (secondary N) is 1. The third-order valence-corrected chi connectivity index (χ3v) is 5.01. The SMILES string of the molecule is COc1ncc(-c2ccn3nc(N)nc3c2)cc1C(=O)NCC(C)Cc1ccccc1. The second kappa shape index (κ2) is 8.83. The molecule has 0 saturated carbocycles. The fraction of sp³-hybridized carbons (Fsp3) is 0.217. The lowest BCUT2D eigenvalue weighted by Crippen LogP contribution is -2.29. The topological polar surface area (TPSA) is 107 Å². The minimum absolute atomic E-state index is 0.203. The van der Waals surface area contributed by atoms with Gasteiger partial charge in [0.1, 0.15) is 5.56 Å². The molecule has 1 amide bonds. The number of nitrogens with two attached hydrogens (primary N) is 1. The maximum atomic E-state index is 12.9. The van der Waals surface area contributed by atoms with E-state index in [1.54, 1.807) is 23.0 Å². The zero-order chi connectivity index (χ0) is 21.8. The second-order valence-electron chi connectivity index (χ2n) is 7.47. The highest BCUT2D eigenvalue weighted by Gasteiger charge is 2.17. The highest BCUT2D eigenvalue weighted by molar-refractivity contribution is 5.97. The number of pyridine rings is 2. The summed E-state index contributed by atoms with van der Waals surface area (Å²) >= 11 is 0. The molecule has 0 bridgehead atoms. The predicted molar refractivity (Wildman–Crippen MR) is 119 cm³/mol. The number of carbonyl (C=O) groups is 1. The first-order valence-corrected chi connectivity index (χ1v) is 10.0. The predicted octanol–water partition coefficient (Wildman–Crippen LogP) is 2.99. The highest BCUT2D eigenvalue weighted by atomic mass is 16.5. The number of fused-ring (bicyclic) bond motifs is 1. The van der Waals surface area contributed by atoms with Crippen molar-refractivity contribution < 1.29 is 9.53 Å². The van der Waals surface area contributed by atoms with Gasteiger partial charge in [-0.25, -0.2) is 9.50 Å². The number of ether oxygens (including phenoxy) is 1. The molecule has 4 aromatic rings. The lowest BCUT2D eigenvalue weighted by molar-refractivity contribution is 0.0944. The van der Waals surface area contributed by atoms with Gasteiger partial charge < -0.3 is 15.8 Å². The van der Waals surface area contributed by atoms with Crippen molar-refractivity contribution in [2.45, 2.75) is 13.3 Å². The number of carbonyl (C=O) groups excluding carboxylic acids is 1. The number of rotatable bonds is 7. The van der Waals surface area contributed by atoms with Crippen LogP contribution >= 0.6 is 0 Å². The van der Waals surface area contributed by atoms with Gasteiger partial charge in [0.2, 0.25) is 11.8 Å². The van der Waals surface area contributed by atoms with Gasteiger partial charge in [0.05, 0.1) is 7.11 Å². The molecule has 0 aliphatic carbocycles. The molecular formula is C23H24N6O2. The Balaban J connectivity index is 1.51. The van der Waals surface area contributed by atoms with Gasteiger partial charge in [-0.3, -0.25) is 4.79 Å². The lowest BCUT2D eigenvalue weighted by Gasteiger charge is -2.14. The van der Waals surface area contributed by atoms with Crippen LogP contribution in [-0.4, -0.2) is 39.1 Å². The Morgan fingerprint density at radius 3 is 2.77 bits per heavy atom. The summed E-state index contributed by atoms with van der Waals surface area (Å²) in [5.41, 5.74) is 9.53. The number of nitrogens with zero attached hydrogens (tertiary/aromatic N) is 4. The lowest BCUT2D eigenvalue weighted by atomic mass is 10.0. The Kier molecular flexibility index (Phi) is 5.79. The quantitative estimate of drug-likeness (QED) is 0.480. The summed E-state index contributed by atoms with van der Waals surface area (Å²) in [7, 11) is 1.50. The number of nitrogen functional groups attached to an aromatic ring is 1. The monoisotopic (exact) mass is 416 g/mol. The Bertz CT molecular complexity index is 1210. The summed E-state index contributed by atoms with van der Waals surface area (Å²) in [6.45, 7) is 2.66. The van der Waals surface area contributed by atoms with E-state index >= 15 is 0 Å². The van der Waals surface area contributed by atoms with E-state index in [2.05, 4.69) is 39.4 Å². The second-order valence-corrected chi connectivity index (χ2v) is 7.47. The number of benzene rings is 1. The van der Waals surface area contributed by atoms with Crippen LogP contribution in [0.15, 0.2) is 60.9 Å². The highest BCUT2D eigenvalue weighted by Crippen LogP contribution is 2.25. The number of amides is 1. The van der Waals surface area contributed by atoms with Crippen molar-refractivity contribution in [3.8, 4) is 17.0 Å². The van der Waals surface area contributed by atoms with Gasteiger partial charge >= 0.3 is 0 Å². The van der Waals surface area contributed by atoms with Crippen molar-refractivity contribution in [1.82, 2.24) is 24.9 Å². The van der Waals surface area contributed by atoms with Crippen LogP contribution in [-0.2, 0) is 6.42 Å². The normalized spacial score (nSPS) is 11.9. The summed E-state index contributed by atoms with van der Waals surface area (Å²) in [5.74, 6) is 0.549. The van der Waals surface area contributed by atoms with Crippen LogP contribution in [0.2, 0.25) is 0 Å². The van der Waals surface area contributed by atoms with Crippen molar-refractivity contribution in [3.63, 3.8) is 0 Å². The average molecular weight is 416 g/mol. The molecule has 8 heteroatoms. The Morgan fingerprint density at radius 2 is 2.00 bits per heavy atom. The number of aromatic nitrogens is 4. The molecule has 1 aromatic carbocycles. The van der Waals surface area contributed by atoms with Crippen LogP contribution in [0.1, 0.15) is 22.8 Å². The van der Waals surface area contributed by atoms with Crippen molar-refractivity contribution in [1.29, 1.82) is 0 Å². The van der Waals surface area contributed by atoms with E-state index in [9.17, 15) is 4.79 Å². The molecule has 0 saturated heterocycles. The standard InChI is InChI=1S/C23H24N6O2/c1-15(10-16-6-4-3-5-7-16)13-25-21(30)19-11-18(14-26-22(19)31-2)17-8-9-29-20(12-17)27-23(24)28-29/h3-9,11-12,14-15H,10,13H2,1-2H3,(H2,24,28)(H,25,30). The van der Waals surface area contributed by atoms with Crippen molar-refractivity contribution in [2.75, 3.05) is 19.4 Å². The molecule has 3 aromatic heterocycles. The van der Waals surface area contributed by atoms with Crippen molar-refractivity contribution >= 4 is 17.5 Å². The van der Waals surface area contributed by atoms with E-state index in [4.69, 9.17) is 10.5 Å². The van der Waals surface area contributed by atoms with Gasteiger partial charge in [0.15, 0.2) is 5.65 Å². The minimum atomic E-state index is -0.223. The van der Waals surface area contributed by atoms with E-state index in [-0.39, 0.29) is 23.7 Å². The van der Waals surface area contributed by atoms with Crippen LogP contribution in [0.3, 0.4) is 0 Å². The first kappa shape index (κ1) is 20.3. The molecule has 0 aliphatic rings. The number of methoxy groups -OCH3 is 1. The van der Waals surface area contributed by atoms with Gasteiger partial charge in [-0.05, 0) is 41.7 Å². The van der Waals surface area contributed by atoms with Gasteiger partial charge in [-0.15, -0.1) is 5.10 Å². The first-order chi connectivity index (χ1) is 15.0. The Hall–Kier alpha value is -3.94. The van der Waals surface area contributed by atoms with Crippen LogP contribution in [0.4, 0.5) is 5.95 Å². The summed E-state index contributed by atoms with van der Waals surface area (Å²) in [6, 6.07) is 15.7. The molecule has 158 valence electrons. The minimum Gasteiger partial charge on any atom is -0.480 e. The zero-order valence-electron chi connectivity index (χ0n) is 17.4. The fourth-order valence-electron chi connectivity index (χ4n) is 3.46. The molecule has 1 unspecified atom stereocenters. The maximum absolute atomic E-state index is 12.9. The van der Waals surface area contributed by atoms with E-state index < -0.39 is 0 Å². The summed E-state index contributed by atoms with van der Waals surface area (Å²) in [4.78, 5) is 21.4. The number of hydrogen-bond donors (Lipinski definition) is 2.